The molecule has 0 radical (unpaired) electrons. The molecule has 0 aliphatic heterocycles. The van der Waals surface area contributed by atoms with E-state index in [0.29, 0.717) is 11.1 Å². The number of carbonyl (C=O) groups is 2. The van der Waals surface area contributed by atoms with Crippen LogP contribution in [0.15, 0.2) is 18.5 Å². The van der Waals surface area contributed by atoms with Gasteiger partial charge >= 0.3 is 0 Å². The van der Waals surface area contributed by atoms with E-state index in [-0.39, 0.29) is 24.4 Å². The third kappa shape index (κ3) is 5.24. The highest BCUT2D eigenvalue weighted by Crippen LogP contribution is 2.05. The molecule has 0 aliphatic rings. The van der Waals surface area contributed by atoms with Gasteiger partial charge in [-0.15, -0.1) is 0 Å². The standard InChI is InChI=1S/C15H20N4O2/c1-10(2)18-14(20)11(3)19-15(21)13-6-8-17-9-12(13)5-4-7-16/h6,8-11H,7,16H2,1-3H3,(H,18,20)(H,19,21). The number of nitrogens with zero attached hydrogens (tertiary/aromatic N) is 1. The highest BCUT2D eigenvalue weighted by atomic mass is 16.2. The summed E-state index contributed by atoms with van der Waals surface area (Å²) in [6, 6.07) is 0.940. The van der Waals surface area contributed by atoms with Crippen molar-refractivity contribution in [3.05, 3.63) is 29.6 Å². The van der Waals surface area contributed by atoms with Crippen molar-refractivity contribution in [1.29, 1.82) is 0 Å². The first kappa shape index (κ1) is 16.7. The van der Waals surface area contributed by atoms with Gasteiger partial charge in [-0.1, -0.05) is 11.8 Å². The van der Waals surface area contributed by atoms with E-state index < -0.39 is 6.04 Å². The fourth-order valence-electron chi connectivity index (χ4n) is 1.59. The summed E-state index contributed by atoms with van der Waals surface area (Å²) >= 11 is 0. The maximum absolute atomic E-state index is 12.2. The maximum Gasteiger partial charge on any atom is 0.253 e. The van der Waals surface area contributed by atoms with Crippen molar-refractivity contribution >= 4 is 11.8 Å². The van der Waals surface area contributed by atoms with E-state index >= 15 is 0 Å². The molecule has 0 aliphatic carbocycles. The molecule has 1 rings (SSSR count). The van der Waals surface area contributed by atoms with Crippen LogP contribution in [0.5, 0.6) is 0 Å². The quantitative estimate of drug-likeness (QED) is 0.681. The van der Waals surface area contributed by atoms with Crippen LogP contribution in [-0.4, -0.2) is 35.4 Å². The maximum atomic E-state index is 12.2. The normalized spacial score (nSPS) is 11.3. The van der Waals surface area contributed by atoms with Crippen molar-refractivity contribution in [3.8, 4) is 11.8 Å². The lowest BCUT2D eigenvalue weighted by Crippen LogP contribution is -2.46. The number of hydrogen-bond donors (Lipinski definition) is 3. The van der Waals surface area contributed by atoms with Crippen molar-refractivity contribution < 1.29 is 9.59 Å². The molecular formula is C15H20N4O2. The topological polar surface area (TPSA) is 97.1 Å². The summed E-state index contributed by atoms with van der Waals surface area (Å²) in [7, 11) is 0. The minimum Gasteiger partial charge on any atom is -0.352 e. The second kappa shape index (κ2) is 8.02. The first-order valence-corrected chi connectivity index (χ1v) is 6.70. The number of nitrogens with one attached hydrogen (secondary N) is 2. The van der Waals surface area contributed by atoms with Gasteiger partial charge in [0.25, 0.3) is 5.91 Å². The first-order valence-electron chi connectivity index (χ1n) is 6.70. The van der Waals surface area contributed by atoms with E-state index in [1.807, 2.05) is 13.8 Å². The van der Waals surface area contributed by atoms with Gasteiger partial charge in [0, 0.05) is 18.4 Å². The molecule has 21 heavy (non-hydrogen) atoms. The fourth-order valence-corrected chi connectivity index (χ4v) is 1.59. The predicted molar refractivity (Wildman–Crippen MR) is 80.4 cm³/mol. The molecule has 0 spiro atoms. The van der Waals surface area contributed by atoms with Crippen molar-refractivity contribution in [2.45, 2.75) is 32.9 Å². The molecule has 0 fully saturated rings. The molecule has 4 N–H and O–H groups in total. The molecule has 0 saturated carbocycles. The Kier molecular flexibility index (Phi) is 6.37. The number of nitrogens with two attached hydrogens (primary N) is 1. The van der Waals surface area contributed by atoms with E-state index in [1.54, 1.807) is 13.0 Å². The van der Waals surface area contributed by atoms with Crippen LogP contribution in [0.2, 0.25) is 0 Å². The third-order valence-electron chi connectivity index (χ3n) is 2.56. The van der Waals surface area contributed by atoms with E-state index in [1.165, 1.54) is 12.4 Å². The van der Waals surface area contributed by atoms with Crippen molar-refractivity contribution in [2.24, 2.45) is 5.73 Å². The summed E-state index contributed by atoms with van der Waals surface area (Å²) in [5, 5.41) is 5.38. The Balaban J connectivity index is 2.83. The summed E-state index contributed by atoms with van der Waals surface area (Å²) in [5.41, 5.74) is 6.18. The predicted octanol–water partition coefficient (Wildman–Crippen LogP) is 0.0347. The van der Waals surface area contributed by atoms with E-state index in [4.69, 9.17) is 5.73 Å². The molecule has 6 heteroatoms. The summed E-state index contributed by atoms with van der Waals surface area (Å²) in [4.78, 5) is 27.9. The van der Waals surface area contributed by atoms with Gasteiger partial charge in [-0.2, -0.15) is 0 Å². The highest BCUT2D eigenvalue weighted by Gasteiger charge is 2.18. The summed E-state index contributed by atoms with van der Waals surface area (Å²) in [6.45, 7) is 5.54. The SMILES string of the molecule is CC(C)NC(=O)C(C)NC(=O)c1ccncc1C#CCN. The van der Waals surface area contributed by atoms with Crippen molar-refractivity contribution in [1.82, 2.24) is 15.6 Å². The molecule has 1 heterocycles. The van der Waals surface area contributed by atoms with Crippen LogP contribution in [-0.2, 0) is 4.79 Å². The van der Waals surface area contributed by atoms with Gasteiger partial charge in [0.1, 0.15) is 6.04 Å². The monoisotopic (exact) mass is 288 g/mol. The number of aromatic nitrogens is 1. The van der Waals surface area contributed by atoms with Crippen LogP contribution >= 0.6 is 0 Å². The van der Waals surface area contributed by atoms with Gasteiger partial charge in [-0.05, 0) is 26.8 Å². The second-order valence-corrected chi connectivity index (χ2v) is 4.79. The number of hydrogen-bond acceptors (Lipinski definition) is 4. The van der Waals surface area contributed by atoms with Crippen molar-refractivity contribution in [2.75, 3.05) is 6.54 Å². The number of amides is 2. The molecule has 0 aromatic carbocycles. The van der Waals surface area contributed by atoms with Gasteiger partial charge in [-0.3, -0.25) is 14.6 Å². The Morgan fingerprint density at radius 1 is 1.33 bits per heavy atom. The summed E-state index contributed by atoms with van der Waals surface area (Å²) < 4.78 is 0. The van der Waals surface area contributed by atoms with E-state index in [9.17, 15) is 9.59 Å². The zero-order valence-corrected chi connectivity index (χ0v) is 12.4. The van der Waals surface area contributed by atoms with E-state index in [0.717, 1.165) is 0 Å². The molecule has 6 nitrogen and oxygen atoms in total. The number of pyridine rings is 1. The summed E-state index contributed by atoms with van der Waals surface area (Å²) in [5.74, 6) is 4.87. The Morgan fingerprint density at radius 2 is 2.05 bits per heavy atom. The molecule has 1 aromatic heterocycles. The lowest BCUT2D eigenvalue weighted by molar-refractivity contribution is -0.123. The third-order valence-corrected chi connectivity index (χ3v) is 2.56. The molecule has 1 unspecified atom stereocenters. The molecule has 1 aromatic rings. The van der Waals surface area contributed by atoms with Crippen molar-refractivity contribution in [3.63, 3.8) is 0 Å². The average molecular weight is 288 g/mol. The number of carbonyl (C=O) groups excluding carboxylic acids is 2. The second-order valence-electron chi connectivity index (χ2n) is 4.79. The Morgan fingerprint density at radius 3 is 2.67 bits per heavy atom. The largest absolute Gasteiger partial charge is 0.352 e. The first-order chi connectivity index (χ1) is 9.95. The zero-order valence-electron chi connectivity index (χ0n) is 12.4. The van der Waals surface area contributed by atoms with Crippen LogP contribution in [0.4, 0.5) is 0 Å². The van der Waals surface area contributed by atoms with Gasteiger partial charge in [0.15, 0.2) is 0 Å². The average Bonchev–Trinajstić information content (AvgIpc) is 2.44. The molecular weight excluding hydrogens is 268 g/mol. The van der Waals surface area contributed by atoms with Gasteiger partial charge in [-0.25, -0.2) is 0 Å². The van der Waals surface area contributed by atoms with Gasteiger partial charge in [0.2, 0.25) is 5.91 Å². The van der Waals surface area contributed by atoms with Crippen LogP contribution < -0.4 is 16.4 Å². The van der Waals surface area contributed by atoms with Crippen LogP contribution in [0.3, 0.4) is 0 Å². The van der Waals surface area contributed by atoms with Crippen LogP contribution in [0, 0.1) is 11.8 Å². The Labute approximate surface area is 124 Å². The molecule has 1 atom stereocenters. The highest BCUT2D eigenvalue weighted by molar-refractivity contribution is 5.99. The minimum absolute atomic E-state index is 0.0174. The molecule has 0 bridgehead atoms. The van der Waals surface area contributed by atoms with Gasteiger partial charge < -0.3 is 16.4 Å². The molecule has 0 saturated heterocycles. The zero-order chi connectivity index (χ0) is 15.8. The van der Waals surface area contributed by atoms with Gasteiger partial charge in [0.05, 0.1) is 17.7 Å². The minimum atomic E-state index is -0.636. The molecule has 112 valence electrons. The lowest BCUT2D eigenvalue weighted by Gasteiger charge is -2.16. The van der Waals surface area contributed by atoms with Crippen LogP contribution in [0.1, 0.15) is 36.7 Å². The Hall–Kier alpha value is -2.39. The fraction of sp³-hybridized carbons (Fsp3) is 0.400. The van der Waals surface area contributed by atoms with E-state index in [2.05, 4.69) is 27.5 Å². The number of rotatable bonds is 4. The van der Waals surface area contributed by atoms with Crippen LogP contribution in [0.25, 0.3) is 0 Å². The smallest absolute Gasteiger partial charge is 0.253 e. The summed E-state index contributed by atoms with van der Waals surface area (Å²) in [6.07, 6.45) is 3.00. The lowest BCUT2D eigenvalue weighted by atomic mass is 10.1. The molecule has 2 amide bonds. The Bertz CT molecular complexity index is 573.